The van der Waals surface area contributed by atoms with Crippen LogP contribution in [0.15, 0.2) is 0 Å². The number of alkyl halides is 2. The fourth-order valence-electron chi connectivity index (χ4n) is 1.51. The maximum Gasteiger partial charge on any atom is 0.266 e. The summed E-state index contributed by atoms with van der Waals surface area (Å²) in [6.45, 7) is 0.510. The number of ether oxygens (including phenoxy) is 1. The zero-order chi connectivity index (χ0) is 10.8. The minimum absolute atomic E-state index is 0.183. The molecule has 0 amide bonds. The molecule has 7 heteroatoms. The van der Waals surface area contributed by atoms with E-state index in [1.165, 1.54) is 0 Å². The molecule has 1 heterocycles. The largest absolute Gasteiger partial charge is 0.381 e. The van der Waals surface area contributed by atoms with Crippen LogP contribution in [0.5, 0.6) is 0 Å². The summed E-state index contributed by atoms with van der Waals surface area (Å²) in [6.07, 6.45) is 0.366. The van der Waals surface area contributed by atoms with Crippen LogP contribution < -0.4 is 5.14 Å². The van der Waals surface area contributed by atoms with E-state index in [1.54, 1.807) is 0 Å². The standard InChI is InChI=1S/C7H13F2NO3S/c8-7(9,5-14(10,11)12)6-1-3-13-4-2-6/h6H,1-5H2,(H2,10,11,12). The minimum atomic E-state index is -4.12. The molecular formula is C7H13F2NO3S. The monoisotopic (exact) mass is 229 g/mol. The average molecular weight is 229 g/mol. The highest BCUT2D eigenvalue weighted by Gasteiger charge is 2.43. The van der Waals surface area contributed by atoms with Crippen molar-refractivity contribution in [3.05, 3.63) is 0 Å². The Morgan fingerprint density at radius 2 is 1.86 bits per heavy atom. The van der Waals surface area contributed by atoms with Gasteiger partial charge in [0.05, 0.1) is 0 Å². The molecule has 0 spiro atoms. The first-order valence-corrected chi connectivity index (χ1v) is 5.99. The topological polar surface area (TPSA) is 69.4 Å². The molecular weight excluding hydrogens is 216 g/mol. The van der Waals surface area contributed by atoms with E-state index in [-0.39, 0.29) is 26.1 Å². The Balaban J connectivity index is 2.63. The molecule has 0 radical (unpaired) electrons. The second-order valence-corrected chi connectivity index (χ2v) is 5.07. The van der Waals surface area contributed by atoms with Crippen molar-refractivity contribution >= 4 is 10.0 Å². The van der Waals surface area contributed by atoms with Crippen molar-refractivity contribution in [3.63, 3.8) is 0 Å². The number of rotatable bonds is 3. The van der Waals surface area contributed by atoms with Gasteiger partial charge in [0.15, 0.2) is 0 Å². The summed E-state index contributed by atoms with van der Waals surface area (Å²) in [6, 6.07) is 0. The summed E-state index contributed by atoms with van der Waals surface area (Å²) in [4.78, 5) is 0. The van der Waals surface area contributed by atoms with E-state index in [1.807, 2.05) is 0 Å². The van der Waals surface area contributed by atoms with E-state index in [0.717, 1.165) is 0 Å². The fraction of sp³-hybridized carbons (Fsp3) is 1.00. The van der Waals surface area contributed by atoms with Crippen molar-refractivity contribution in [2.75, 3.05) is 19.0 Å². The molecule has 2 N–H and O–H groups in total. The van der Waals surface area contributed by atoms with Crippen molar-refractivity contribution in [1.29, 1.82) is 0 Å². The van der Waals surface area contributed by atoms with Crippen molar-refractivity contribution in [2.45, 2.75) is 18.8 Å². The van der Waals surface area contributed by atoms with Crippen molar-refractivity contribution in [3.8, 4) is 0 Å². The molecule has 84 valence electrons. The number of primary sulfonamides is 1. The third-order valence-corrected chi connectivity index (χ3v) is 3.00. The highest BCUT2D eigenvalue weighted by Crippen LogP contribution is 2.33. The van der Waals surface area contributed by atoms with Crippen LogP contribution in [0.2, 0.25) is 0 Å². The first-order valence-electron chi connectivity index (χ1n) is 4.27. The number of hydrogen-bond acceptors (Lipinski definition) is 3. The molecule has 1 fully saturated rings. The van der Waals surface area contributed by atoms with E-state index in [4.69, 9.17) is 4.74 Å². The van der Waals surface area contributed by atoms with Crippen LogP contribution in [0.1, 0.15) is 12.8 Å². The normalized spacial score (nSPS) is 21.1. The summed E-state index contributed by atoms with van der Waals surface area (Å²) in [5, 5.41) is 4.59. The third-order valence-electron chi connectivity index (χ3n) is 2.21. The first kappa shape index (κ1) is 11.8. The molecule has 0 unspecified atom stereocenters. The molecule has 0 aromatic carbocycles. The summed E-state index contributed by atoms with van der Waals surface area (Å²) in [5.41, 5.74) is 0. The molecule has 0 atom stereocenters. The van der Waals surface area contributed by atoms with Gasteiger partial charge in [-0.05, 0) is 12.8 Å². The van der Waals surface area contributed by atoms with Crippen LogP contribution in [0.4, 0.5) is 8.78 Å². The Morgan fingerprint density at radius 1 is 1.36 bits per heavy atom. The van der Waals surface area contributed by atoms with Gasteiger partial charge < -0.3 is 4.74 Å². The van der Waals surface area contributed by atoms with Crippen LogP contribution in [0.25, 0.3) is 0 Å². The zero-order valence-electron chi connectivity index (χ0n) is 7.58. The van der Waals surface area contributed by atoms with E-state index >= 15 is 0 Å². The van der Waals surface area contributed by atoms with Crippen molar-refractivity contribution in [1.82, 2.24) is 0 Å². The summed E-state index contributed by atoms with van der Waals surface area (Å²) >= 11 is 0. The van der Waals surface area contributed by atoms with Gasteiger partial charge in [0.1, 0.15) is 5.75 Å². The maximum atomic E-state index is 13.3. The Kier molecular flexibility index (Phi) is 3.44. The predicted octanol–water partition coefficient (Wildman–Crippen LogP) is 0.337. The Morgan fingerprint density at radius 3 is 2.29 bits per heavy atom. The second kappa shape index (κ2) is 4.08. The van der Waals surface area contributed by atoms with Crippen LogP contribution >= 0.6 is 0 Å². The quantitative estimate of drug-likeness (QED) is 0.758. The number of nitrogens with two attached hydrogens (primary N) is 1. The van der Waals surface area contributed by atoms with E-state index in [9.17, 15) is 17.2 Å². The molecule has 0 aromatic rings. The van der Waals surface area contributed by atoms with Gasteiger partial charge in [0.2, 0.25) is 10.0 Å². The van der Waals surface area contributed by atoms with Gasteiger partial charge in [-0.15, -0.1) is 0 Å². The molecule has 0 saturated carbocycles. The molecule has 14 heavy (non-hydrogen) atoms. The van der Waals surface area contributed by atoms with Crippen LogP contribution in [-0.2, 0) is 14.8 Å². The van der Waals surface area contributed by atoms with E-state index < -0.39 is 27.6 Å². The molecule has 0 aromatic heterocycles. The van der Waals surface area contributed by atoms with Gasteiger partial charge in [-0.2, -0.15) is 0 Å². The van der Waals surface area contributed by atoms with Gasteiger partial charge in [-0.25, -0.2) is 22.3 Å². The Labute approximate surface area is 81.5 Å². The molecule has 1 saturated heterocycles. The van der Waals surface area contributed by atoms with E-state index in [2.05, 4.69) is 5.14 Å². The Hall–Kier alpha value is -0.270. The lowest BCUT2D eigenvalue weighted by Gasteiger charge is -2.29. The molecule has 0 bridgehead atoms. The van der Waals surface area contributed by atoms with Crippen molar-refractivity contribution < 1.29 is 21.9 Å². The van der Waals surface area contributed by atoms with Crippen molar-refractivity contribution in [2.24, 2.45) is 11.1 Å². The van der Waals surface area contributed by atoms with Crippen LogP contribution in [0.3, 0.4) is 0 Å². The average Bonchev–Trinajstić information content (AvgIpc) is 2.01. The second-order valence-electron chi connectivity index (χ2n) is 3.45. The fourth-order valence-corrected chi connectivity index (χ4v) is 2.28. The molecule has 4 nitrogen and oxygen atoms in total. The maximum absolute atomic E-state index is 13.3. The summed E-state index contributed by atoms with van der Waals surface area (Å²) in [5.74, 6) is -5.45. The van der Waals surface area contributed by atoms with Crippen LogP contribution in [-0.4, -0.2) is 33.3 Å². The van der Waals surface area contributed by atoms with Crippen LogP contribution in [0, 0.1) is 5.92 Å². The molecule has 0 aliphatic carbocycles. The van der Waals surface area contributed by atoms with Gasteiger partial charge in [-0.3, -0.25) is 0 Å². The zero-order valence-corrected chi connectivity index (χ0v) is 8.40. The molecule has 1 rings (SSSR count). The Bertz CT molecular complexity index is 285. The number of hydrogen-bond donors (Lipinski definition) is 1. The van der Waals surface area contributed by atoms with Gasteiger partial charge in [0, 0.05) is 19.1 Å². The third kappa shape index (κ3) is 3.47. The van der Waals surface area contributed by atoms with Gasteiger partial charge in [-0.1, -0.05) is 0 Å². The highest BCUT2D eigenvalue weighted by molar-refractivity contribution is 7.89. The van der Waals surface area contributed by atoms with E-state index in [0.29, 0.717) is 0 Å². The summed E-state index contributed by atoms with van der Waals surface area (Å²) < 4.78 is 52.6. The molecule has 1 aliphatic heterocycles. The number of halogens is 2. The molecule has 1 aliphatic rings. The lowest BCUT2D eigenvalue weighted by atomic mass is 9.94. The smallest absolute Gasteiger partial charge is 0.266 e. The lowest BCUT2D eigenvalue weighted by Crippen LogP contribution is -2.41. The summed E-state index contributed by atoms with van der Waals surface area (Å²) in [7, 11) is -4.12. The first-order chi connectivity index (χ1) is 6.31. The highest BCUT2D eigenvalue weighted by atomic mass is 32.2. The SMILES string of the molecule is NS(=O)(=O)CC(F)(F)C1CCOCC1. The predicted molar refractivity (Wildman–Crippen MR) is 46.5 cm³/mol. The minimum Gasteiger partial charge on any atom is -0.381 e. The van der Waals surface area contributed by atoms with Gasteiger partial charge >= 0.3 is 0 Å². The van der Waals surface area contributed by atoms with Gasteiger partial charge in [0.25, 0.3) is 5.92 Å². The number of sulfonamides is 1. The lowest BCUT2D eigenvalue weighted by molar-refractivity contribution is -0.0790.